The Hall–Kier alpha value is -1.89. The summed E-state index contributed by atoms with van der Waals surface area (Å²) in [4.78, 5) is 20.7. The van der Waals surface area contributed by atoms with Gasteiger partial charge in [-0.15, -0.1) is 0 Å². The molecular weight excluding hydrogens is 248 g/mol. The number of ether oxygens (including phenoxy) is 2. The first-order valence-corrected chi connectivity index (χ1v) is 6.27. The van der Waals surface area contributed by atoms with Crippen LogP contribution in [-0.4, -0.2) is 42.7 Å². The zero-order chi connectivity index (χ0) is 13.3. The highest BCUT2D eigenvalue weighted by Crippen LogP contribution is 2.38. The largest absolute Gasteiger partial charge is 0.479 e. The number of fused-ring (bicyclic) bond motifs is 1. The number of carbonyl (C=O) groups is 1. The molecule has 0 atom stereocenters. The zero-order valence-electron chi connectivity index (χ0n) is 10.7. The van der Waals surface area contributed by atoms with E-state index in [4.69, 9.17) is 9.47 Å². The fourth-order valence-corrected chi connectivity index (χ4v) is 2.52. The van der Waals surface area contributed by atoms with Gasteiger partial charge < -0.3 is 20.1 Å². The second kappa shape index (κ2) is 4.65. The van der Waals surface area contributed by atoms with Crippen molar-refractivity contribution in [2.24, 2.45) is 5.41 Å². The lowest BCUT2D eigenvalue weighted by atomic mass is 9.79. The van der Waals surface area contributed by atoms with Gasteiger partial charge in [0.1, 0.15) is 12.0 Å². The van der Waals surface area contributed by atoms with E-state index in [0.717, 1.165) is 0 Å². The molecular formula is C12H16N4O3. The summed E-state index contributed by atoms with van der Waals surface area (Å²) in [5, 5.41) is 6.12. The highest BCUT2D eigenvalue weighted by atomic mass is 16.5. The Morgan fingerprint density at radius 2 is 2.16 bits per heavy atom. The van der Waals surface area contributed by atoms with Gasteiger partial charge in [0.25, 0.3) is 0 Å². The minimum absolute atomic E-state index is 0.0184. The van der Waals surface area contributed by atoms with Crippen LogP contribution in [-0.2, 0) is 9.53 Å². The van der Waals surface area contributed by atoms with Crippen molar-refractivity contribution in [1.29, 1.82) is 0 Å². The lowest BCUT2D eigenvalue weighted by Gasteiger charge is -2.34. The summed E-state index contributed by atoms with van der Waals surface area (Å²) in [5.41, 5.74) is 0.0719. The highest BCUT2D eigenvalue weighted by molar-refractivity contribution is 6.00. The van der Waals surface area contributed by atoms with Crippen LogP contribution in [0.2, 0.25) is 0 Å². The molecule has 0 unspecified atom stereocenters. The number of anilines is 2. The second-order valence-corrected chi connectivity index (χ2v) is 4.81. The molecule has 0 radical (unpaired) electrons. The van der Waals surface area contributed by atoms with Gasteiger partial charge in [-0.25, -0.2) is 4.98 Å². The number of methoxy groups -OCH3 is 1. The van der Waals surface area contributed by atoms with Crippen molar-refractivity contribution in [2.45, 2.75) is 12.8 Å². The molecule has 1 aromatic heterocycles. The van der Waals surface area contributed by atoms with Crippen molar-refractivity contribution in [3.63, 3.8) is 0 Å². The van der Waals surface area contributed by atoms with Crippen molar-refractivity contribution in [2.75, 3.05) is 37.5 Å². The Morgan fingerprint density at radius 1 is 1.37 bits per heavy atom. The number of rotatable bonds is 1. The van der Waals surface area contributed by atoms with Crippen molar-refractivity contribution in [3.05, 3.63) is 6.33 Å². The van der Waals surface area contributed by atoms with Crippen LogP contribution in [0.1, 0.15) is 12.8 Å². The molecule has 1 saturated heterocycles. The number of nitrogens with one attached hydrogen (secondary N) is 2. The number of amides is 1. The van der Waals surface area contributed by atoms with E-state index in [9.17, 15) is 4.79 Å². The van der Waals surface area contributed by atoms with Crippen LogP contribution in [0.5, 0.6) is 5.88 Å². The van der Waals surface area contributed by atoms with E-state index in [1.807, 2.05) is 0 Å². The maximum absolute atomic E-state index is 12.5. The quantitative estimate of drug-likeness (QED) is 0.774. The first-order chi connectivity index (χ1) is 9.25. The van der Waals surface area contributed by atoms with E-state index in [1.54, 1.807) is 0 Å². The molecule has 102 valence electrons. The fourth-order valence-electron chi connectivity index (χ4n) is 2.52. The number of hydrogen-bond acceptors (Lipinski definition) is 6. The number of nitrogens with zero attached hydrogens (tertiary/aromatic N) is 2. The van der Waals surface area contributed by atoms with E-state index < -0.39 is 5.41 Å². The lowest BCUT2D eigenvalue weighted by Crippen LogP contribution is -2.44. The van der Waals surface area contributed by atoms with E-state index >= 15 is 0 Å². The van der Waals surface area contributed by atoms with Crippen molar-refractivity contribution in [3.8, 4) is 5.88 Å². The molecule has 0 saturated carbocycles. The third-order valence-corrected chi connectivity index (χ3v) is 3.77. The molecule has 7 nitrogen and oxygen atoms in total. The number of carbonyl (C=O) groups excluding carboxylic acids is 1. The summed E-state index contributed by atoms with van der Waals surface area (Å²) in [7, 11) is 1.52. The van der Waals surface area contributed by atoms with E-state index in [0.29, 0.717) is 50.0 Å². The van der Waals surface area contributed by atoms with Gasteiger partial charge in [0, 0.05) is 19.8 Å². The molecule has 2 aliphatic rings. The zero-order valence-corrected chi connectivity index (χ0v) is 10.7. The molecule has 3 rings (SSSR count). The average Bonchev–Trinajstić information content (AvgIpc) is 2.58. The number of hydrogen-bond donors (Lipinski definition) is 2. The minimum atomic E-state index is -0.441. The van der Waals surface area contributed by atoms with Gasteiger partial charge in [-0.2, -0.15) is 4.98 Å². The topological polar surface area (TPSA) is 85.4 Å². The van der Waals surface area contributed by atoms with Gasteiger partial charge in [-0.05, 0) is 12.8 Å². The van der Waals surface area contributed by atoms with Crippen molar-refractivity contribution in [1.82, 2.24) is 9.97 Å². The molecule has 0 bridgehead atoms. The molecule has 1 amide bonds. The van der Waals surface area contributed by atoms with Crippen LogP contribution < -0.4 is 15.4 Å². The minimum Gasteiger partial charge on any atom is -0.479 e. The smallest absolute Gasteiger partial charge is 0.242 e. The Bertz CT molecular complexity index is 500. The normalized spacial score (nSPS) is 21.0. The summed E-state index contributed by atoms with van der Waals surface area (Å²) < 4.78 is 10.5. The highest BCUT2D eigenvalue weighted by Gasteiger charge is 2.42. The summed E-state index contributed by atoms with van der Waals surface area (Å²) in [6.45, 7) is 1.76. The molecule has 7 heteroatoms. The summed E-state index contributed by atoms with van der Waals surface area (Å²) in [6, 6.07) is 0. The van der Waals surface area contributed by atoms with E-state index in [-0.39, 0.29) is 5.91 Å². The fraction of sp³-hybridized carbons (Fsp3) is 0.583. The molecule has 2 N–H and O–H groups in total. The van der Waals surface area contributed by atoms with Gasteiger partial charge in [-0.3, -0.25) is 4.79 Å². The Morgan fingerprint density at radius 3 is 2.89 bits per heavy atom. The molecule has 1 aromatic rings. The molecule has 0 aliphatic carbocycles. The van der Waals surface area contributed by atoms with E-state index in [2.05, 4.69) is 20.6 Å². The molecule has 0 aromatic carbocycles. The average molecular weight is 264 g/mol. The Kier molecular flexibility index (Phi) is 2.98. The van der Waals surface area contributed by atoms with E-state index in [1.165, 1.54) is 13.4 Å². The third kappa shape index (κ3) is 1.99. The van der Waals surface area contributed by atoms with Gasteiger partial charge in [0.2, 0.25) is 11.8 Å². The van der Waals surface area contributed by atoms with Crippen LogP contribution in [0.15, 0.2) is 6.33 Å². The Balaban J connectivity index is 1.95. The summed E-state index contributed by atoms with van der Waals surface area (Å²) in [6.07, 6.45) is 2.82. The monoisotopic (exact) mass is 264 g/mol. The van der Waals surface area contributed by atoms with Gasteiger partial charge >= 0.3 is 0 Å². The van der Waals surface area contributed by atoms with Crippen LogP contribution >= 0.6 is 0 Å². The summed E-state index contributed by atoms with van der Waals surface area (Å²) >= 11 is 0. The predicted molar refractivity (Wildman–Crippen MR) is 68.2 cm³/mol. The van der Waals surface area contributed by atoms with Crippen LogP contribution in [0.4, 0.5) is 11.5 Å². The van der Waals surface area contributed by atoms with Crippen LogP contribution in [0.25, 0.3) is 0 Å². The first kappa shape index (κ1) is 12.2. The number of aromatic nitrogens is 2. The molecule has 1 fully saturated rings. The molecule has 3 heterocycles. The molecule has 1 spiro atoms. The second-order valence-electron chi connectivity index (χ2n) is 4.81. The summed E-state index contributed by atoms with van der Waals surface area (Å²) in [5.74, 6) is 0.952. The van der Waals surface area contributed by atoms with Crippen LogP contribution in [0, 0.1) is 5.41 Å². The maximum atomic E-state index is 12.5. The predicted octanol–water partition coefficient (Wildman–Crippen LogP) is 0.646. The first-order valence-electron chi connectivity index (χ1n) is 6.27. The molecule has 19 heavy (non-hydrogen) atoms. The Labute approximate surface area is 110 Å². The van der Waals surface area contributed by atoms with Gasteiger partial charge in [-0.1, -0.05) is 0 Å². The van der Waals surface area contributed by atoms with Crippen LogP contribution in [0.3, 0.4) is 0 Å². The van der Waals surface area contributed by atoms with Gasteiger partial charge in [0.05, 0.1) is 12.5 Å². The SMILES string of the molecule is COc1ncnc2c1NC(=O)C1(CCOCC1)CN2. The third-order valence-electron chi connectivity index (χ3n) is 3.77. The maximum Gasteiger partial charge on any atom is 0.242 e. The van der Waals surface area contributed by atoms with Crippen molar-refractivity contribution >= 4 is 17.4 Å². The molecule has 2 aliphatic heterocycles. The lowest BCUT2D eigenvalue weighted by molar-refractivity contribution is -0.129. The van der Waals surface area contributed by atoms with Gasteiger partial charge in [0.15, 0.2) is 5.82 Å². The standard InChI is InChI=1S/C12H16N4O3/c1-18-10-8-9(14-7-15-10)13-6-12(11(17)16-8)2-4-19-5-3-12/h7H,2-6H2,1H3,(H,16,17)(H,13,14,15). The van der Waals surface area contributed by atoms with Crippen molar-refractivity contribution < 1.29 is 14.3 Å².